The van der Waals surface area contributed by atoms with Gasteiger partial charge in [-0.2, -0.15) is 5.10 Å². The second-order valence-corrected chi connectivity index (χ2v) is 4.81. The summed E-state index contributed by atoms with van der Waals surface area (Å²) in [6, 6.07) is 3.35. The first-order valence-electron chi connectivity index (χ1n) is 5.46. The van der Waals surface area contributed by atoms with Crippen LogP contribution < -0.4 is 4.74 Å². The number of carbonyl (C=O) groups excluding carboxylic acids is 1. The Morgan fingerprint density at radius 2 is 2.22 bits per heavy atom. The number of hydrogen-bond donors (Lipinski definition) is 0. The Bertz CT molecular complexity index is 572. The van der Waals surface area contributed by atoms with Crippen LogP contribution in [-0.4, -0.2) is 22.7 Å². The predicted octanol–water partition coefficient (Wildman–Crippen LogP) is 3.06. The second-order valence-electron chi connectivity index (χ2n) is 4.03. The fraction of sp³-hybridized carbons (Fsp3) is 0.333. The van der Waals surface area contributed by atoms with E-state index in [4.69, 9.17) is 9.15 Å². The molecule has 0 aliphatic rings. The summed E-state index contributed by atoms with van der Waals surface area (Å²) in [6.07, 6.45) is 1.53. The van der Waals surface area contributed by atoms with E-state index in [2.05, 4.69) is 21.0 Å². The fourth-order valence-electron chi connectivity index (χ4n) is 1.66. The van der Waals surface area contributed by atoms with Gasteiger partial charge in [0.2, 0.25) is 5.78 Å². The first-order valence-corrected chi connectivity index (χ1v) is 6.25. The van der Waals surface area contributed by atoms with Gasteiger partial charge >= 0.3 is 0 Å². The maximum absolute atomic E-state index is 12.4. The highest BCUT2D eigenvalue weighted by Gasteiger charge is 2.24. The summed E-state index contributed by atoms with van der Waals surface area (Å²) >= 11 is 3.17. The molecule has 0 bridgehead atoms. The van der Waals surface area contributed by atoms with Gasteiger partial charge in [-0.3, -0.25) is 9.48 Å². The molecule has 6 heteroatoms. The number of aromatic nitrogens is 2. The van der Waals surface area contributed by atoms with Crippen molar-refractivity contribution in [1.29, 1.82) is 0 Å². The molecular formula is C12H13BrN2O3. The van der Waals surface area contributed by atoms with E-state index in [1.54, 1.807) is 16.8 Å². The van der Waals surface area contributed by atoms with E-state index in [0.717, 1.165) is 0 Å². The molecule has 0 unspecified atom stereocenters. The van der Waals surface area contributed by atoms with Crippen LogP contribution in [0.5, 0.6) is 5.75 Å². The molecule has 0 aliphatic heterocycles. The highest BCUT2D eigenvalue weighted by Crippen LogP contribution is 2.25. The Morgan fingerprint density at radius 3 is 2.72 bits per heavy atom. The van der Waals surface area contributed by atoms with E-state index < -0.39 is 0 Å². The third-order valence-corrected chi connectivity index (χ3v) is 2.91. The van der Waals surface area contributed by atoms with Gasteiger partial charge in [-0.25, -0.2) is 0 Å². The standard InChI is InChI=1S/C12H13BrN2O3/c1-7(2)15-11(9(17-3)6-14-15)12(16)8-4-5-10(13)18-8/h4-7H,1-3H3. The van der Waals surface area contributed by atoms with Crippen LogP contribution in [0.3, 0.4) is 0 Å². The molecule has 0 radical (unpaired) electrons. The lowest BCUT2D eigenvalue weighted by atomic mass is 10.2. The monoisotopic (exact) mass is 312 g/mol. The van der Waals surface area contributed by atoms with Gasteiger partial charge in [0.05, 0.1) is 13.3 Å². The largest absolute Gasteiger partial charge is 0.493 e. The summed E-state index contributed by atoms with van der Waals surface area (Å²) in [5.41, 5.74) is 0.398. The molecule has 2 rings (SSSR count). The molecule has 2 aromatic heterocycles. The van der Waals surface area contributed by atoms with Crippen molar-refractivity contribution >= 4 is 21.7 Å². The summed E-state index contributed by atoms with van der Waals surface area (Å²) in [4.78, 5) is 12.4. The molecule has 0 amide bonds. The van der Waals surface area contributed by atoms with Crippen LogP contribution >= 0.6 is 15.9 Å². The number of ether oxygens (including phenoxy) is 1. The van der Waals surface area contributed by atoms with Crippen molar-refractivity contribution in [2.45, 2.75) is 19.9 Å². The van der Waals surface area contributed by atoms with Gasteiger partial charge in [-0.1, -0.05) is 0 Å². The molecule has 0 N–H and O–H groups in total. The number of carbonyl (C=O) groups is 1. The molecule has 0 spiro atoms. The highest BCUT2D eigenvalue weighted by molar-refractivity contribution is 9.10. The van der Waals surface area contributed by atoms with Crippen molar-refractivity contribution in [3.63, 3.8) is 0 Å². The third kappa shape index (κ3) is 2.20. The van der Waals surface area contributed by atoms with Crippen LogP contribution in [0.4, 0.5) is 0 Å². The minimum atomic E-state index is -0.247. The number of furan rings is 1. The molecule has 2 heterocycles. The SMILES string of the molecule is COc1cnn(C(C)C)c1C(=O)c1ccc(Br)o1. The fourth-order valence-corrected chi connectivity index (χ4v) is 1.96. The maximum atomic E-state index is 12.4. The molecule has 0 fully saturated rings. The van der Waals surface area contributed by atoms with E-state index in [1.165, 1.54) is 13.3 Å². The predicted molar refractivity (Wildman–Crippen MR) is 69.0 cm³/mol. The van der Waals surface area contributed by atoms with Gasteiger partial charge in [-0.15, -0.1) is 0 Å². The van der Waals surface area contributed by atoms with Crippen molar-refractivity contribution in [3.8, 4) is 5.75 Å². The lowest BCUT2D eigenvalue weighted by Crippen LogP contribution is -2.13. The maximum Gasteiger partial charge on any atom is 0.250 e. The molecule has 96 valence electrons. The Kier molecular flexibility index (Phi) is 3.56. The summed E-state index contributed by atoms with van der Waals surface area (Å²) in [7, 11) is 1.51. The quantitative estimate of drug-likeness (QED) is 0.814. The van der Waals surface area contributed by atoms with Crippen molar-refractivity contribution in [2.24, 2.45) is 0 Å². The minimum absolute atomic E-state index is 0.0613. The van der Waals surface area contributed by atoms with Crippen LogP contribution in [0.25, 0.3) is 0 Å². The van der Waals surface area contributed by atoms with Gasteiger partial charge in [-0.05, 0) is 41.9 Å². The number of nitrogens with zero attached hydrogens (tertiary/aromatic N) is 2. The number of methoxy groups -OCH3 is 1. The van der Waals surface area contributed by atoms with Crippen molar-refractivity contribution in [1.82, 2.24) is 9.78 Å². The molecule has 0 saturated carbocycles. The van der Waals surface area contributed by atoms with E-state index in [-0.39, 0.29) is 17.6 Å². The van der Waals surface area contributed by atoms with Crippen LogP contribution in [0, 0.1) is 0 Å². The molecule has 18 heavy (non-hydrogen) atoms. The van der Waals surface area contributed by atoms with Gasteiger partial charge < -0.3 is 9.15 Å². The zero-order chi connectivity index (χ0) is 13.3. The van der Waals surface area contributed by atoms with Crippen LogP contribution in [-0.2, 0) is 0 Å². The zero-order valence-corrected chi connectivity index (χ0v) is 11.9. The third-order valence-electron chi connectivity index (χ3n) is 2.48. The first-order chi connectivity index (χ1) is 8.54. The van der Waals surface area contributed by atoms with Crippen molar-refractivity contribution < 1.29 is 13.9 Å². The van der Waals surface area contributed by atoms with E-state index >= 15 is 0 Å². The Balaban J connectivity index is 2.49. The summed E-state index contributed by atoms with van der Waals surface area (Å²) in [6.45, 7) is 3.89. The van der Waals surface area contributed by atoms with E-state index in [9.17, 15) is 4.79 Å². The normalized spacial score (nSPS) is 10.9. The molecule has 5 nitrogen and oxygen atoms in total. The molecule has 0 atom stereocenters. The van der Waals surface area contributed by atoms with Gasteiger partial charge in [0.15, 0.2) is 21.9 Å². The van der Waals surface area contributed by atoms with Gasteiger partial charge in [0, 0.05) is 6.04 Å². The van der Waals surface area contributed by atoms with Gasteiger partial charge in [0.1, 0.15) is 0 Å². The first kappa shape index (κ1) is 12.9. The van der Waals surface area contributed by atoms with Crippen molar-refractivity contribution in [3.05, 3.63) is 34.5 Å². The van der Waals surface area contributed by atoms with Crippen LogP contribution in [0.2, 0.25) is 0 Å². The average molecular weight is 313 g/mol. The second kappa shape index (κ2) is 4.97. The Labute approximate surface area is 113 Å². The molecule has 2 aromatic rings. The molecule has 0 saturated heterocycles. The Hall–Kier alpha value is -1.56. The van der Waals surface area contributed by atoms with E-state index in [1.807, 2.05) is 13.8 Å². The lowest BCUT2D eigenvalue weighted by Gasteiger charge is -2.10. The molecule has 0 aromatic carbocycles. The van der Waals surface area contributed by atoms with Crippen LogP contribution in [0.1, 0.15) is 36.1 Å². The molecular weight excluding hydrogens is 300 g/mol. The average Bonchev–Trinajstić information content (AvgIpc) is 2.93. The van der Waals surface area contributed by atoms with Crippen LogP contribution in [0.15, 0.2) is 27.4 Å². The summed E-state index contributed by atoms with van der Waals surface area (Å²) in [5.74, 6) is 0.451. The zero-order valence-electron chi connectivity index (χ0n) is 10.3. The lowest BCUT2D eigenvalue weighted by molar-refractivity contribution is 0.0993. The molecule has 0 aliphatic carbocycles. The smallest absolute Gasteiger partial charge is 0.250 e. The topological polar surface area (TPSA) is 57.3 Å². The Morgan fingerprint density at radius 1 is 1.50 bits per heavy atom. The van der Waals surface area contributed by atoms with Gasteiger partial charge in [0.25, 0.3) is 0 Å². The van der Waals surface area contributed by atoms with Crippen molar-refractivity contribution in [2.75, 3.05) is 7.11 Å². The summed E-state index contributed by atoms with van der Waals surface area (Å²) < 4.78 is 12.6. The van der Waals surface area contributed by atoms with E-state index in [0.29, 0.717) is 16.1 Å². The number of halogens is 1. The minimum Gasteiger partial charge on any atom is -0.493 e. The summed E-state index contributed by atoms with van der Waals surface area (Å²) in [5, 5.41) is 4.16. The number of ketones is 1. The highest BCUT2D eigenvalue weighted by atomic mass is 79.9. The number of hydrogen-bond acceptors (Lipinski definition) is 4. The number of rotatable bonds is 4.